The van der Waals surface area contributed by atoms with Gasteiger partial charge in [-0.05, 0) is 42.5 Å². The maximum atomic E-state index is 14.0. The van der Waals surface area contributed by atoms with Gasteiger partial charge in [-0.25, -0.2) is 4.39 Å². The molecule has 3 aliphatic rings. The van der Waals surface area contributed by atoms with E-state index in [1.807, 2.05) is 18.0 Å². The molecule has 4 nitrogen and oxygen atoms in total. The molecule has 1 aliphatic carbocycles. The number of hydrogen-bond donors (Lipinski definition) is 0. The molecule has 0 N–H and O–H groups in total. The molecule has 6 heteroatoms. The van der Waals surface area contributed by atoms with Crippen molar-refractivity contribution in [3.63, 3.8) is 0 Å². The second kappa shape index (κ2) is 6.97. The normalized spacial score (nSPS) is 31.4. The van der Waals surface area contributed by atoms with E-state index in [9.17, 15) is 9.18 Å². The average Bonchev–Trinajstić information content (AvgIpc) is 2.94. The number of hydrogen-bond acceptors (Lipinski definition) is 4. The number of likely N-dealkylation sites (tertiary alicyclic amines) is 1. The number of rotatable bonds is 5. The Morgan fingerprint density at radius 2 is 2.28 bits per heavy atom. The Morgan fingerprint density at radius 1 is 1.48 bits per heavy atom. The van der Waals surface area contributed by atoms with Gasteiger partial charge in [-0.1, -0.05) is 6.07 Å². The van der Waals surface area contributed by atoms with Gasteiger partial charge in [-0.3, -0.25) is 9.69 Å². The SMILES string of the molecule is CN(C[C@@H]1C[C@H](F)CN1Cc1cccs1)C(=O)[C@@H]1CC12CCOCC2. The first-order valence-electron chi connectivity index (χ1n) is 9.31. The van der Waals surface area contributed by atoms with Gasteiger partial charge in [0.15, 0.2) is 0 Å². The highest BCUT2D eigenvalue weighted by molar-refractivity contribution is 7.09. The first kappa shape index (κ1) is 17.4. The summed E-state index contributed by atoms with van der Waals surface area (Å²) in [5.74, 6) is 0.412. The van der Waals surface area contributed by atoms with Gasteiger partial charge < -0.3 is 9.64 Å². The maximum absolute atomic E-state index is 14.0. The number of likely N-dealkylation sites (N-methyl/N-ethyl adjacent to an activating group) is 1. The van der Waals surface area contributed by atoms with Gasteiger partial charge in [0.1, 0.15) is 6.17 Å². The zero-order valence-corrected chi connectivity index (χ0v) is 15.6. The first-order valence-corrected chi connectivity index (χ1v) is 10.2. The summed E-state index contributed by atoms with van der Waals surface area (Å²) in [4.78, 5) is 18.2. The van der Waals surface area contributed by atoms with E-state index < -0.39 is 6.17 Å². The second-order valence-corrected chi connectivity index (χ2v) is 8.98. The topological polar surface area (TPSA) is 32.8 Å². The Balaban J connectivity index is 1.34. The predicted octanol–water partition coefficient (Wildman–Crippen LogP) is 2.94. The number of amides is 1. The number of carbonyl (C=O) groups excluding carboxylic acids is 1. The third kappa shape index (κ3) is 3.62. The zero-order chi connectivity index (χ0) is 17.4. The van der Waals surface area contributed by atoms with E-state index in [0.29, 0.717) is 19.5 Å². The summed E-state index contributed by atoms with van der Waals surface area (Å²) in [6.45, 7) is 3.47. The van der Waals surface area contributed by atoms with Gasteiger partial charge in [0.2, 0.25) is 5.91 Å². The van der Waals surface area contributed by atoms with Crippen molar-refractivity contribution < 1.29 is 13.9 Å². The summed E-state index contributed by atoms with van der Waals surface area (Å²) in [5.41, 5.74) is 0.207. The number of halogens is 1. The number of ether oxygens (including phenoxy) is 1. The van der Waals surface area contributed by atoms with Crippen LogP contribution in [0.15, 0.2) is 17.5 Å². The molecule has 4 rings (SSSR count). The molecule has 0 bridgehead atoms. The smallest absolute Gasteiger partial charge is 0.226 e. The van der Waals surface area contributed by atoms with Crippen molar-refractivity contribution in [2.24, 2.45) is 11.3 Å². The average molecular weight is 367 g/mol. The minimum absolute atomic E-state index is 0.121. The van der Waals surface area contributed by atoms with Crippen LogP contribution in [0.3, 0.4) is 0 Å². The lowest BCUT2D eigenvalue weighted by Gasteiger charge is -2.29. The molecule has 1 aromatic heterocycles. The van der Waals surface area contributed by atoms with Crippen molar-refractivity contribution in [2.75, 3.05) is 33.4 Å². The summed E-state index contributed by atoms with van der Waals surface area (Å²) in [5, 5.41) is 2.06. The molecule has 0 aromatic carbocycles. The van der Waals surface area contributed by atoms with Crippen molar-refractivity contribution in [1.82, 2.24) is 9.80 Å². The van der Waals surface area contributed by atoms with Crippen LogP contribution in [0.2, 0.25) is 0 Å². The monoisotopic (exact) mass is 366 g/mol. The molecule has 3 atom stereocenters. The van der Waals surface area contributed by atoms with Crippen LogP contribution in [0.1, 0.15) is 30.6 Å². The van der Waals surface area contributed by atoms with Crippen molar-refractivity contribution in [3.05, 3.63) is 22.4 Å². The number of alkyl halides is 1. The third-order valence-electron chi connectivity index (χ3n) is 6.25. The molecule has 2 saturated heterocycles. The highest BCUT2D eigenvalue weighted by Gasteiger charge is 2.58. The highest BCUT2D eigenvalue weighted by atomic mass is 32.1. The van der Waals surface area contributed by atoms with Crippen LogP contribution < -0.4 is 0 Å². The summed E-state index contributed by atoms with van der Waals surface area (Å²) in [6, 6.07) is 4.26. The van der Waals surface area contributed by atoms with E-state index in [1.54, 1.807) is 11.3 Å². The lowest BCUT2D eigenvalue weighted by Crippen LogP contribution is -2.42. The van der Waals surface area contributed by atoms with Gasteiger partial charge in [0, 0.05) is 56.7 Å². The Hall–Kier alpha value is -0.980. The van der Waals surface area contributed by atoms with Crippen LogP contribution in [-0.2, 0) is 16.1 Å². The van der Waals surface area contributed by atoms with Crippen LogP contribution in [-0.4, -0.2) is 61.3 Å². The fourth-order valence-electron chi connectivity index (χ4n) is 4.61. The fourth-order valence-corrected chi connectivity index (χ4v) is 5.34. The molecule has 138 valence electrons. The minimum Gasteiger partial charge on any atom is -0.381 e. The molecule has 0 radical (unpaired) electrons. The third-order valence-corrected chi connectivity index (χ3v) is 7.11. The molecule has 1 amide bonds. The molecule has 25 heavy (non-hydrogen) atoms. The molecule has 2 aliphatic heterocycles. The maximum Gasteiger partial charge on any atom is 0.226 e. The van der Waals surface area contributed by atoms with E-state index >= 15 is 0 Å². The lowest BCUT2D eigenvalue weighted by atomic mass is 9.93. The van der Waals surface area contributed by atoms with Crippen LogP contribution in [0.4, 0.5) is 4.39 Å². The summed E-state index contributed by atoms with van der Waals surface area (Å²) >= 11 is 1.71. The zero-order valence-electron chi connectivity index (χ0n) is 14.8. The molecule has 1 saturated carbocycles. The van der Waals surface area contributed by atoms with Crippen LogP contribution in [0, 0.1) is 11.3 Å². The quantitative estimate of drug-likeness (QED) is 0.803. The highest BCUT2D eigenvalue weighted by Crippen LogP contribution is 2.59. The summed E-state index contributed by atoms with van der Waals surface area (Å²) in [6.07, 6.45) is 2.79. The van der Waals surface area contributed by atoms with Crippen molar-refractivity contribution in [1.29, 1.82) is 0 Å². The Morgan fingerprint density at radius 3 is 3.00 bits per heavy atom. The first-order chi connectivity index (χ1) is 12.1. The van der Waals surface area contributed by atoms with E-state index in [0.717, 1.165) is 39.0 Å². The van der Waals surface area contributed by atoms with Crippen molar-refractivity contribution in [2.45, 2.75) is 44.4 Å². The standard InChI is InChI=1S/C19H27FN2O2S/c1-21(18(23)17-10-19(17)4-6-24-7-5-19)12-15-9-14(20)11-22(15)13-16-3-2-8-25-16/h2-3,8,14-15,17H,4-7,9-13H2,1H3/t14-,15-,17-/m0/s1. The van der Waals surface area contributed by atoms with E-state index in [-0.39, 0.29) is 23.3 Å². The van der Waals surface area contributed by atoms with Gasteiger partial charge in [0.05, 0.1) is 0 Å². The summed E-state index contributed by atoms with van der Waals surface area (Å²) < 4.78 is 19.4. The molecule has 1 aromatic rings. The van der Waals surface area contributed by atoms with Crippen LogP contribution in [0.25, 0.3) is 0 Å². The van der Waals surface area contributed by atoms with Gasteiger partial charge >= 0.3 is 0 Å². The summed E-state index contributed by atoms with van der Waals surface area (Å²) in [7, 11) is 1.89. The van der Waals surface area contributed by atoms with E-state index in [1.165, 1.54) is 4.88 Å². The molecular formula is C19H27FN2O2S. The van der Waals surface area contributed by atoms with Crippen LogP contribution >= 0.6 is 11.3 Å². The van der Waals surface area contributed by atoms with Gasteiger partial charge in [-0.2, -0.15) is 0 Å². The van der Waals surface area contributed by atoms with Crippen molar-refractivity contribution in [3.8, 4) is 0 Å². The number of nitrogens with zero attached hydrogens (tertiary/aromatic N) is 2. The minimum atomic E-state index is -0.781. The Bertz CT molecular complexity index is 603. The number of carbonyl (C=O) groups is 1. The molecule has 3 heterocycles. The van der Waals surface area contributed by atoms with E-state index in [2.05, 4.69) is 16.3 Å². The molecule has 0 unspecified atom stereocenters. The fraction of sp³-hybridized carbons (Fsp3) is 0.737. The molecule has 1 spiro atoms. The number of thiophene rings is 1. The Kier molecular flexibility index (Phi) is 4.86. The largest absolute Gasteiger partial charge is 0.381 e. The van der Waals surface area contributed by atoms with Gasteiger partial charge in [-0.15, -0.1) is 11.3 Å². The van der Waals surface area contributed by atoms with Crippen LogP contribution in [0.5, 0.6) is 0 Å². The van der Waals surface area contributed by atoms with Crippen molar-refractivity contribution >= 4 is 17.2 Å². The predicted molar refractivity (Wildman–Crippen MR) is 96.3 cm³/mol. The molecular weight excluding hydrogens is 339 g/mol. The lowest BCUT2D eigenvalue weighted by molar-refractivity contribution is -0.133. The Labute approximate surface area is 152 Å². The molecule has 3 fully saturated rings. The van der Waals surface area contributed by atoms with E-state index in [4.69, 9.17) is 4.74 Å². The second-order valence-electron chi connectivity index (χ2n) is 7.95. The van der Waals surface area contributed by atoms with Gasteiger partial charge in [0.25, 0.3) is 0 Å².